The summed E-state index contributed by atoms with van der Waals surface area (Å²) in [6.45, 7) is 5.78. The SMILES string of the molecule is C=C(Nc1cc2c(c(N)n1)N=C(c1ccccc1)C(C)N2)OC. The molecule has 1 atom stereocenters. The van der Waals surface area contributed by atoms with E-state index >= 15 is 0 Å². The van der Waals surface area contributed by atoms with Crippen molar-refractivity contribution < 1.29 is 4.74 Å². The van der Waals surface area contributed by atoms with E-state index in [-0.39, 0.29) is 6.04 Å². The number of ether oxygens (including phenoxy) is 1. The first-order chi connectivity index (χ1) is 11.1. The molecule has 0 saturated carbocycles. The van der Waals surface area contributed by atoms with Crippen LogP contribution in [0.4, 0.5) is 23.0 Å². The molecule has 1 aliphatic rings. The van der Waals surface area contributed by atoms with Crippen LogP contribution in [-0.2, 0) is 4.74 Å². The Kier molecular flexibility index (Phi) is 3.89. The van der Waals surface area contributed by atoms with Crippen molar-refractivity contribution in [2.75, 3.05) is 23.5 Å². The van der Waals surface area contributed by atoms with E-state index in [0.717, 1.165) is 17.0 Å². The highest BCUT2D eigenvalue weighted by molar-refractivity contribution is 6.10. The Labute approximate surface area is 135 Å². The average molecular weight is 309 g/mol. The molecule has 0 spiro atoms. The molecule has 0 fully saturated rings. The van der Waals surface area contributed by atoms with E-state index in [9.17, 15) is 0 Å². The molecule has 0 bridgehead atoms. The number of nitrogens with two attached hydrogens (primary N) is 1. The van der Waals surface area contributed by atoms with Crippen LogP contribution in [-0.4, -0.2) is 23.8 Å². The lowest BCUT2D eigenvalue weighted by molar-refractivity contribution is 0.299. The number of hydrogen-bond acceptors (Lipinski definition) is 6. The highest BCUT2D eigenvalue weighted by atomic mass is 16.5. The number of aliphatic imine (C=N–C) groups is 1. The summed E-state index contributed by atoms with van der Waals surface area (Å²) in [5.74, 6) is 1.31. The maximum atomic E-state index is 6.08. The molecule has 4 N–H and O–H groups in total. The third-order valence-corrected chi connectivity index (χ3v) is 3.62. The molecule has 0 radical (unpaired) electrons. The molecular formula is C17H19N5O. The van der Waals surface area contributed by atoms with Gasteiger partial charge >= 0.3 is 0 Å². The number of nitrogens with one attached hydrogen (secondary N) is 2. The topological polar surface area (TPSA) is 84.6 Å². The summed E-state index contributed by atoms with van der Waals surface area (Å²) in [6.07, 6.45) is 0. The summed E-state index contributed by atoms with van der Waals surface area (Å²) >= 11 is 0. The lowest BCUT2D eigenvalue weighted by Crippen LogP contribution is -2.30. The molecule has 2 heterocycles. The van der Waals surface area contributed by atoms with Crippen LogP contribution in [0.25, 0.3) is 0 Å². The molecule has 0 saturated heterocycles. The standard InChI is InChI=1S/C17H19N5O/c1-10-15(12-7-5-4-6-8-12)22-16-13(19-10)9-14(21-17(16)18)20-11(2)23-3/h4-10,19H,2H2,1,3H3,(H3,18,20,21). The van der Waals surface area contributed by atoms with Crippen LogP contribution >= 0.6 is 0 Å². The van der Waals surface area contributed by atoms with E-state index in [1.165, 1.54) is 7.11 Å². The van der Waals surface area contributed by atoms with Crippen LogP contribution in [0.5, 0.6) is 0 Å². The van der Waals surface area contributed by atoms with Gasteiger partial charge < -0.3 is 21.1 Å². The molecule has 23 heavy (non-hydrogen) atoms. The van der Waals surface area contributed by atoms with Gasteiger partial charge in [-0.2, -0.15) is 0 Å². The minimum absolute atomic E-state index is 0.0603. The fraction of sp³-hybridized carbons (Fsp3) is 0.176. The lowest BCUT2D eigenvalue weighted by atomic mass is 10.0. The predicted molar refractivity (Wildman–Crippen MR) is 94.1 cm³/mol. The van der Waals surface area contributed by atoms with Gasteiger partial charge in [-0.15, -0.1) is 0 Å². The maximum absolute atomic E-state index is 6.08. The molecule has 1 aromatic heterocycles. The van der Waals surface area contributed by atoms with Crippen LogP contribution in [0.15, 0.2) is 53.9 Å². The van der Waals surface area contributed by atoms with Crippen LogP contribution in [0.2, 0.25) is 0 Å². The van der Waals surface area contributed by atoms with Crippen molar-refractivity contribution in [1.29, 1.82) is 0 Å². The number of pyridine rings is 1. The number of anilines is 3. The summed E-state index contributed by atoms with van der Waals surface area (Å²) in [4.78, 5) is 9.03. The van der Waals surface area contributed by atoms with Crippen LogP contribution in [0.3, 0.4) is 0 Å². The van der Waals surface area contributed by atoms with Gasteiger partial charge in [-0.1, -0.05) is 30.3 Å². The van der Waals surface area contributed by atoms with Crippen molar-refractivity contribution in [1.82, 2.24) is 4.98 Å². The number of methoxy groups -OCH3 is 1. The minimum Gasteiger partial charge on any atom is -0.483 e. The first-order valence-corrected chi connectivity index (χ1v) is 7.29. The summed E-state index contributed by atoms with van der Waals surface area (Å²) in [6, 6.07) is 11.9. The first-order valence-electron chi connectivity index (χ1n) is 7.29. The highest BCUT2D eigenvalue weighted by Crippen LogP contribution is 2.37. The van der Waals surface area contributed by atoms with E-state index in [0.29, 0.717) is 23.2 Å². The predicted octanol–water partition coefficient (Wildman–Crippen LogP) is 3.13. The minimum atomic E-state index is 0.0603. The molecule has 1 aliphatic heterocycles. The van der Waals surface area contributed by atoms with Gasteiger partial charge in [0.25, 0.3) is 0 Å². The second-order valence-electron chi connectivity index (χ2n) is 5.27. The summed E-state index contributed by atoms with van der Waals surface area (Å²) in [5, 5.41) is 6.36. The Morgan fingerprint density at radius 1 is 1.35 bits per heavy atom. The van der Waals surface area contributed by atoms with Gasteiger partial charge in [0, 0.05) is 6.07 Å². The number of hydrogen-bond donors (Lipinski definition) is 3. The molecule has 3 rings (SSSR count). The zero-order valence-corrected chi connectivity index (χ0v) is 13.1. The third kappa shape index (κ3) is 2.96. The molecule has 0 amide bonds. The van der Waals surface area contributed by atoms with E-state index in [1.807, 2.05) is 36.4 Å². The number of fused-ring (bicyclic) bond motifs is 1. The molecule has 0 aliphatic carbocycles. The number of nitrogen functional groups attached to an aromatic ring is 1. The second-order valence-corrected chi connectivity index (χ2v) is 5.27. The third-order valence-electron chi connectivity index (χ3n) is 3.62. The Morgan fingerprint density at radius 2 is 2.09 bits per heavy atom. The van der Waals surface area contributed by atoms with Gasteiger partial charge in [0.2, 0.25) is 0 Å². The first kappa shape index (κ1) is 14.9. The average Bonchev–Trinajstić information content (AvgIpc) is 2.55. The van der Waals surface area contributed by atoms with Gasteiger partial charge in [-0.3, -0.25) is 0 Å². The normalized spacial score (nSPS) is 15.9. The Hall–Kier alpha value is -3.02. The number of benzene rings is 1. The highest BCUT2D eigenvalue weighted by Gasteiger charge is 2.22. The van der Waals surface area contributed by atoms with Crippen molar-refractivity contribution in [3.05, 3.63) is 54.4 Å². The number of nitrogens with zero attached hydrogens (tertiary/aromatic N) is 2. The lowest BCUT2D eigenvalue weighted by Gasteiger charge is -2.25. The zero-order chi connectivity index (χ0) is 16.4. The van der Waals surface area contributed by atoms with Gasteiger partial charge in [0.15, 0.2) is 11.7 Å². The smallest absolute Gasteiger partial charge is 0.184 e. The van der Waals surface area contributed by atoms with Crippen LogP contribution in [0, 0.1) is 0 Å². The molecule has 6 heteroatoms. The number of rotatable bonds is 4. The van der Waals surface area contributed by atoms with Crippen molar-refractivity contribution in [3.63, 3.8) is 0 Å². The maximum Gasteiger partial charge on any atom is 0.184 e. The monoisotopic (exact) mass is 309 g/mol. The fourth-order valence-corrected chi connectivity index (χ4v) is 2.49. The van der Waals surface area contributed by atoms with Crippen molar-refractivity contribution in [2.24, 2.45) is 4.99 Å². The Balaban J connectivity index is 2.01. The van der Waals surface area contributed by atoms with E-state index in [4.69, 9.17) is 15.5 Å². The zero-order valence-electron chi connectivity index (χ0n) is 13.1. The van der Waals surface area contributed by atoms with Gasteiger partial charge in [0.05, 0.1) is 24.6 Å². The Bertz CT molecular complexity index is 770. The van der Waals surface area contributed by atoms with E-state index in [1.54, 1.807) is 0 Å². The second kappa shape index (κ2) is 6.00. The van der Waals surface area contributed by atoms with Crippen LogP contribution in [0.1, 0.15) is 12.5 Å². The summed E-state index contributed by atoms with van der Waals surface area (Å²) in [7, 11) is 1.54. The van der Waals surface area contributed by atoms with Crippen molar-refractivity contribution >= 4 is 28.7 Å². The Morgan fingerprint density at radius 3 is 2.78 bits per heavy atom. The molecule has 2 aromatic rings. The van der Waals surface area contributed by atoms with Crippen molar-refractivity contribution in [2.45, 2.75) is 13.0 Å². The summed E-state index contributed by atoms with van der Waals surface area (Å²) in [5.41, 5.74) is 9.56. The summed E-state index contributed by atoms with van der Waals surface area (Å²) < 4.78 is 5.00. The van der Waals surface area contributed by atoms with Crippen molar-refractivity contribution in [3.8, 4) is 0 Å². The largest absolute Gasteiger partial charge is 0.483 e. The molecule has 1 unspecified atom stereocenters. The van der Waals surface area contributed by atoms with Gasteiger partial charge in [-0.25, -0.2) is 9.98 Å². The van der Waals surface area contributed by atoms with E-state index in [2.05, 4.69) is 29.1 Å². The quantitative estimate of drug-likeness (QED) is 0.756. The van der Waals surface area contributed by atoms with Gasteiger partial charge in [-0.05, 0) is 19.1 Å². The molecule has 1 aromatic carbocycles. The van der Waals surface area contributed by atoms with E-state index < -0.39 is 0 Å². The molecule has 6 nitrogen and oxygen atoms in total. The van der Waals surface area contributed by atoms with Gasteiger partial charge in [0.1, 0.15) is 11.5 Å². The molecule has 118 valence electrons. The fourth-order valence-electron chi connectivity index (χ4n) is 2.49. The van der Waals surface area contributed by atoms with Crippen LogP contribution < -0.4 is 16.4 Å². The number of aromatic nitrogens is 1. The molecular weight excluding hydrogens is 290 g/mol.